The first kappa shape index (κ1) is 21.1. The highest BCUT2D eigenvalue weighted by molar-refractivity contribution is 7.99. The maximum atomic E-state index is 12.6. The molecule has 0 spiro atoms. The van der Waals surface area contributed by atoms with Crippen molar-refractivity contribution in [1.29, 1.82) is 0 Å². The van der Waals surface area contributed by atoms with Crippen LogP contribution in [0.15, 0.2) is 45.1 Å². The zero-order valence-electron chi connectivity index (χ0n) is 17.0. The van der Waals surface area contributed by atoms with Gasteiger partial charge in [-0.15, -0.1) is 10.2 Å². The van der Waals surface area contributed by atoms with Gasteiger partial charge in [0.2, 0.25) is 5.91 Å². The molecule has 1 fully saturated rings. The second-order valence-electron chi connectivity index (χ2n) is 7.14. The third-order valence-electron chi connectivity index (χ3n) is 4.81. The Morgan fingerprint density at radius 2 is 1.97 bits per heavy atom. The summed E-state index contributed by atoms with van der Waals surface area (Å²) in [5.41, 5.74) is 1.27. The molecular formula is C20H22N6O4S. The number of hydrogen-bond donors (Lipinski definition) is 2. The molecular weight excluding hydrogens is 420 g/mol. The number of hydrogen-bond acceptors (Lipinski definition) is 7. The Morgan fingerprint density at radius 1 is 1.16 bits per heavy atom. The maximum absolute atomic E-state index is 12.6. The molecule has 1 aliphatic rings. The van der Waals surface area contributed by atoms with E-state index in [0.717, 1.165) is 11.3 Å². The normalized spacial score (nSPS) is 14.0. The Morgan fingerprint density at radius 3 is 2.71 bits per heavy atom. The first-order valence-corrected chi connectivity index (χ1v) is 10.8. The van der Waals surface area contributed by atoms with Crippen molar-refractivity contribution in [2.75, 3.05) is 32.1 Å². The summed E-state index contributed by atoms with van der Waals surface area (Å²) in [6.45, 7) is 4.26. The van der Waals surface area contributed by atoms with Gasteiger partial charge in [0.25, 0.3) is 5.56 Å². The van der Waals surface area contributed by atoms with Gasteiger partial charge in [-0.25, -0.2) is 4.79 Å². The van der Waals surface area contributed by atoms with E-state index in [1.165, 1.54) is 17.8 Å². The molecule has 0 saturated carbocycles. The molecule has 0 aliphatic carbocycles. The number of carbonyl (C=O) groups is 1. The van der Waals surface area contributed by atoms with E-state index < -0.39 is 11.2 Å². The van der Waals surface area contributed by atoms with Gasteiger partial charge in [0.1, 0.15) is 5.82 Å². The number of rotatable bonds is 6. The fourth-order valence-corrected chi connectivity index (χ4v) is 4.22. The van der Waals surface area contributed by atoms with E-state index in [1.54, 1.807) is 4.90 Å². The quantitative estimate of drug-likeness (QED) is 0.532. The van der Waals surface area contributed by atoms with Crippen LogP contribution < -0.4 is 11.2 Å². The number of aromatic amines is 2. The van der Waals surface area contributed by atoms with E-state index in [0.29, 0.717) is 43.0 Å². The maximum Gasteiger partial charge on any atom is 0.325 e. The predicted molar refractivity (Wildman–Crippen MR) is 115 cm³/mol. The standard InChI is InChI=1S/C20H22N6O4S/c1-13-3-2-4-15(9-13)26-16(10-14-11-17(27)22-19(29)21-14)23-24-20(26)31-12-18(28)25-5-7-30-8-6-25/h2-4,9,11H,5-8,10,12H2,1H3,(H2,21,22,27,29). The molecule has 0 bridgehead atoms. The average molecular weight is 443 g/mol. The van der Waals surface area contributed by atoms with Crippen LogP contribution in [-0.4, -0.2) is 67.6 Å². The van der Waals surface area contributed by atoms with E-state index >= 15 is 0 Å². The largest absolute Gasteiger partial charge is 0.378 e. The van der Waals surface area contributed by atoms with Gasteiger partial charge >= 0.3 is 5.69 Å². The molecule has 10 nitrogen and oxygen atoms in total. The molecule has 11 heteroatoms. The number of morpholine rings is 1. The van der Waals surface area contributed by atoms with Crippen LogP contribution in [0.25, 0.3) is 5.69 Å². The third-order valence-corrected chi connectivity index (χ3v) is 5.73. The monoisotopic (exact) mass is 442 g/mol. The van der Waals surface area contributed by atoms with Crippen LogP contribution in [0.5, 0.6) is 0 Å². The Kier molecular flexibility index (Phi) is 6.33. The lowest BCUT2D eigenvalue weighted by atomic mass is 10.2. The third kappa shape index (κ3) is 5.12. The number of benzene rings is 1. The summed E-state index contributed by atoms with van der Waals surface area (Å²) in [5, 5.41) is 9.13. The number of carbonyl (C=O) groups excluding carboxylic acids is 1. The second kappa shape index (κ2) is 9.31. The van der Waals surface area contributed by atoms with Crippen molar-refractivity contribution < 1.29 is 9.53 Å². The first-order chi connectivity index (χ1) is 15.0. The minimum Gasteiger partial charge on any atom is -0.378 e. The Labute approximate surface area is 181 Å². The number of amides is 1. The van der Waals surface area contributed by atoms with E-state index in [-0.39, 0.29) is 18.1 Å². The van der Waals surface area contributed by atoms with Gasteiger partial charge in [-0.05, 0) is 24.6 Å². The van der Waals surface area contributed by atoms with E-state index in [1.807, 2.05) is 35.8 Å². The van der Waals surface area contributed by atoms with E-state index in [2.05, 4.69) is 20.2 Å². The highest BCUT2D eigenvalue weighted by atomic mass is 32.2. The Bertz CT molecular complexity index is 1170. The summed E-state index contributed by atoms with van der Waals surface area (Å²) in [5.74, 6) is 0.798. The molecule has 1 aromatic carbocycles. The van der Waals surface area contributed by atoms with Crippen LogP contribution in [0, 0.1) is 6.92 Å². The molecule has 0 atom stereocenters. The fraction of sp³-hybridized carbons (Fsp3) is 0.350. The lowest BCUT2D eigenvalue weighted by Crippen LogP contribution is -2.41. The summed E-state index contributed by atoms with van der Waals surface area (Å²) < 4.78 is 7.15. The zero-order chi connectivity index (χ0) is 21.8. The molecule has 1 amide bonds. The van der Waals surface area contributed by atoms with Gasteiger partial charge in [0.05, 0.1) is 19.0 Å². The van der Waals surface area contributed by atoms with Gasteiger partial charge in [0, 0.05) is 37.0 Å². The van der Waals surface area contributed by atoms with Crippen LogP contribution in [0.2, 0.25) is 0 Å². The molecule has 1 aliphatic heterocycles. The molecule has 3 heterocycles. The van der Waals surface area contributed by atoms with Gasteiger partial charge in [-0.2, -0.15) is 0 Å². The molecule has 0 radical (unpaired) electrons. The number of H-pyrrole nitrogens is 2. The summed E-state index contributed by atoms with van der Waals surface area (Å²) in [4.78, 5) is 42.4. The summed E-state index contributed by atoms with van der Waals surface area (Å²) in [6.07, 6.45) is 0.206. The van der Waals surface area contributed by atoms with Crippen LogP contribution in [0.3, 0.4) is 0 Å². The number of aromatic nitrogens is 5. The Balaban J connectivity index is 1.62. The predicted octanol–water partition coefficient (Wildman–Crippen LogP) is 0.494. The fourth-order valence-electron chi connectivity index (χ4n) is 3.35. The van der Waals surface area contributed by atoms with Crippen LogP contribution in [0.1, 0.15) is 17.1 Å². The molecule has 4 rings (SSSR count). The van der Waals surface area contributed by atoms with Crippen molar-refractivity contribution in [1.82, 2.24) is 29.6 Å². The molecule has 162 valence electrons. The van der Waals surface area contributed by atoms with Gasteiger partial charge in [-0.3, -0.25) is 19.1 Å². The smallest absolute Gasteiger partial charge is 0.325 e. The minimum absolute atomic E-state index is 0.0209. The molecule has 31 heavy (non-hydrogen) atoms. The number of thioether (sulfide) groups is 1. The minimum atomic E-state index is -0.574. The topological polar surface area (TPSA) is 126 Å². The molecule has 2 N–H and O–H groups in total. The van der Waals surface area contributed by atoms with Crippen molar-refractivity contribution in [2.24, 2.45) is 0 Å². The summed E-state index contributed by atoms with van der Waals surface area (Å²) in [7, 11) is 0. The molecule has 3 aromatic rings. The van der Waals surface area contributed by atoms with Crippen molar-refractivity contribution in [3.63, 3.8) is 0 Å². The van der Waals surface area contributed by atoms with Gasteiger partial charge in [0.15, 0.2) is 5.16 Å². The SMILES string of the molecule is Cc1cccc(-n2c(Cc3cc(=O)[nH]c(=O)[nH]3)nnc2SCC(=O)N2CCOCC2)c1. The van der Waals surface area contributed by atoms with Gasteiger partial charge in [-0.1, -0.05) is 23.9 Å². The zero-order valence-corrected chi connectivity index (χ0v) is 17.8. The van der Waals surface area contributed by atoms with Gasteiger partial charge < -0.3 is 14.6 Å². The van der Waals surface area contributed by atoms with Crippen LogP contribution in [-0.2, 0) is 16.0 Å². The summed E-state index contributed by atoms with van der Waals surface area (Å²) >= 11 is 1.30. The number of nitrogens with one attached hydrogen (secondary N) is 2. The summed E-state index contributed by atoms with van der Waals surface area (Å²) in [6, 6.07) is 9.15. The molecule has 2 aromatic heterocycles. The van der Waals surface area contributed by atoms with Crippen molar-refractivity contribution in [3.8, 4) is 5.69 Å². The van der Waals surface area contributed by atoms with E-state index in [9.17, 15) is 14.4 Å². The lowest BCUT2D eigenvalue weighted by molar-refractivity contribution is -0.132. The highest BCUT2D eigenvalue weighted by Crippen LogP contribution is 2.24. The number of nitrogens with zero attached hydrogens (tertiary/aromatic N) is 4. The molecule has 0 unspecified atom stereocenters. The second-order valence-corrected chi connectivity index (χ2v) is 8.09. The Hall–Kier alpha value is -3.18. The number of ether oxygens (including phenoxy) is 1. The van der Waals surface area contributed by atoms with Crippen LogP contribution >= 0.6 is 11.8 Å². The van der Waals surface area contributed by atoms with Crippen molar-refractivity contribution in [2.45, 2.75) is 18.5 Å². The lowest BCUT2D eigenvalue weighted by Gasteiger charge is -2.26. The molecule has 1 saturated heterocycles. The highest BCUT2D eigenvalue weighted by Gasteiger charge is 2.20. The van der Waals surface area contributed by atoms with Crippen LogP contribution in [0.4, 0.5) is 0 Å². The van der Waals surface area contributed by atoms with Crippen molar-refractivity contribution >= 4 is 17.7 Å². The van der Waals surface area contributed by atoms with E-state index in [4.69, 9.17) is 4.74 Å². The van der Waals surface area contributed by atoms with Crippen molar-refractivity contribution in [3.05, 3.63) is 68.3 Å². The number of aryl methyl sites for hydroxylation is 1. The first-order valence-electron chi connectivity index (χ1n) is 9.82. The average Bonchev–Trinajstić information content (AvgIpc) is 3.14.